The average molecular weight is 359 g/mol. The van der Waals surface area contributed by atoms with E-state index in [0.717, 1.165) is 6.54 Å². The fourth-order valence-electron chi connectivity index (χ4n) is 2.87. The lowest BCUT2D eigenvalue weighted by Crippen LogP contribution is -2.37. The van der Waals surface area contributed by atoms with Gasteiger partial charge in [-0.25, -0.2) is 4.39 Å². The molecule has 136 valence electrons. The van der Waals surface area contributed by atoms with Gasteiger partial charge in [-0.3, -0.25) is 4.79 Å². The molecule has 2 rings (SSSR count). The Bertz CT molecular complexity index is 480. The molecule has 1 aliphatic rings. The minimum absolute atomic E-state index is 0. The average Bonchev–Trinajstić information content (AvgIpc) is 2.82. The molecule has 2 N–H and O–H groups in total. The normalized spacial score (nSPS) is 15.2. The van der Waals surface area contributed by atoms with Crippen LogP contribution in [0.15, 0.2) is 24.3 Å². The molecular weight excluding hydrogens is 331 g/mol. The van der Waals surface area contributed by atoms with Gasteiger partial charge in [-0.05, 0) is 25.0 Å². The Morgan fingerprint density at radius 1 is 1.12 bits per heavy atom. The van der Waals surface area contributed by atoms with Crippen LogP contribution in [0.4, 0.5) is 4.39 Å². The quantitative estimate of drug-likeness (QED) is 0.553. The summed E-state index contributed by atoms with van der Waals surface area (Å²) in [7, 11) is 0. The monoisotopic (exact) mass is 358 g/mol. The summed E-state index contributed by atoms with van der Waals surface area (Å²) in [5.74, 6) is -0.278. The molecule has 0 atom stereocenters. The van der Waals surface area contributed by atoms with Crippen molar-refractivity contribution in [3.05, 3.63) is 30.1 Å². The lowest BCUT2D eigenvalue weighted by molar-refractivity contribution is -0.121. The van der Waals surface area contributed by atoms with Crippen LogP contribution in [0.2, 0.25) is 0 Å². The molecule has 1 fully saturated rings. The molecule has 0 bridgehead atoms. The third-order valence-corrected chi connectivity index (χ3v) is 4.16. The Kier molecular flexibility index (Phi) is 10.4. The van der Waals surface area contributed by atoms with Crippen molar-refractivity contribution in [2.24, 2.45) is 0 Å². The van der Waals surface area contributed by atoms with Crippen molar-refractivity contribution in [2.45, 2.75) is 51.0 Å². The number of carbonyl (C=O) groups is 1. The summed E-state index contributed by atoms with van der Waals surface area (Å²) >= 11 is 0. The van der Waals surface area contributed by atoms with Gasteiger partial charge in [-0.1, -0.05) is 37.8 Å². The standard InChI is InChI=1S/C18H27FN2O2.ClH/c19-16-9-5-6-10-17(16)23-14-11-18(22)21-13-12-20-15-7-3-1-2-4-8-15;/h5-6,9-10,15,20H,1-4,7-8,11-14H2,(H,21,22);1H. The van der Waals surface area contributed by atoms with Crippen LogP contribution in [0.1, 0.15) is 44.9 Å². The third kappa shape index (κ3) is 7.97. The SMILES string of the molecule is Cl.O=C(CCOc1ccccc1F)NCCNC1CCCCCC1. The van der Waals surface area contributed by atoms with Gasteiger partial charge in [0, 0.05) is 19.1 Å². The van der Waals surface area contributed by atoms with Gasteiger partial charge in [0.1, 0.15) is 0 Å². The fraction of sp³-hybridized carbons (Fsp3) is 0.611. The maximum absolute atomic E-state index is 13.3. The summed E-state index contributed by atoms with van der Waals surface area (Å²) in [5, 5.41) is 6.37. The lowest BCUT2D eigenvalue weighted by atomic mass is 10.1. The second-order valence-electron chi connectivity index (χ2n) is 6.02. The van der Waals surface area contributed by atoms with Gasteiger partial charge < -0.3 is 15.4 Å². The third-order valence-electron chi connectivity index (χ3n) is 4.16. The Hall–Kier alpha value is -1.33. The molecule has 0 aliphatic heterocycles. The summed E-state index contributed by atoms with van der Waals surface area (Å²) in [6.07, 6.45) is 8.01. The number of halogens is 2. The zero-order valence-corrected chi connectivity index (χ0v) is 14.9. The Morgan fingerprint density at radius 2 is 1.83 bits per heavy atom. The molecule has 0 aromatic heterocycles. The summed E-state index contributed by atoms with van der Waals surface area (Å²) < 4.78 is 18.6. The number of ether oxygens (including phenoxy) is 1. The van der Waals surface area contributed by atoms with E-state index < -0.39 is 5.82 Å². The van der Waals surface area contributed by atoms with E-state index in [1.165, 1.54) is 44.6 Å². The Labute approximate surface area is 149 Å². The number of hydrogen-bond acceptors (Lipinski definition) is 3. The molecule has 1 amide bonds. The molecule has 1 aliphatic carbocycles. The zero-order chi connectivity index (χ0) is 16.3. The van der Waals surface area contributed by atoms with E-state index in [-0.39, 0.29) is 37.1 Å². The molecule has 4 nitrogen and oxygen atoms in total. The van der Waals surface area contributed by atoms with Gasteiger partial charge in [0.05, 0.1) is 13.0 Å². The highest BCUT2D eigenvalue weighted by Crippen LogP contribution is 2.17. The highest BCUT2D eigenvalue weighted by molar-refractivity contribution is 5.85. The van der Waals surface area contributed by atoms with Crippen LogP contribution in [-0.2, 0) is 4.79 Å². The molecule has 0 saturated heterocycles. The van der Waals surface area contributed by atoms with E-state index in [9.17, 15) is 9.18 Å². The van der Waals surface area contributed by atoms with Crippen LogP contribution < -0.4 is 15.4 Å². The minimum atomic E-state index is -0.402. The van der Waals surface area contributed by atoms with Gasteiger partial charge in [0.15, 0.2) is 11.6 Å². The van der Waals surface area contributed by atoms with E-state index >= 15 is 0 Å². The number of carbonyl (C=O) groups excluding carboxylic acids is 1. The molecule has 1 aromatic carbocycles. The zero-order valence-electron chi connectivity index (χ0n) is 14.1. The molecule has 24 heavy (non-hydrogen) atoms. The minimum Gasteiger partial charge on any atom is -0.490 e. The second kappa shape index (κ2) is 12.1. The van der Waals surface area contributed by atoms with Crippen molar-refractivity contribution in [1.29, 1.82) is 0 Å². The topological polar surface area (TPSA) is 50.4 Å². The number of hydrogen-bond donors (Lipinski definition) is 2. The van der Waals surface area contributed by atoms with Crippen LogP contribution >= 0.6 is 12.4 Å². The van der Waals surface area contributed by atoms with Crippen molar-refractivity contribution in [2.75, 3.05) is 19.7 Å². The number of nitrogens with one attached hydrogen (secondary N) is 2. The fourth-order valence-corrected chi connectivity index (χ4v) is 2.87. The number of amides is 1. The molecular formula is C18H28ClFN2O2. The number of rotatable bonds is 8. The first-order valence-electron chi connectivity index (χ1n) is 8.63. The van der Waals surface area contributed by atoms with Crippen LogP contribution in [0, 0.1) is 5.82 Å². The molecule has 6 heteroatoms. The van der Waals surface area contributed by atoms with Crippen LogP contribution in [0.25, 0.3) is 0 Å². The summed E-state index contributed by atoms with van der Waals surface area (Å²) in [5.41, 5.74) is 0. The van der Waals surface area contributed by atoms with E-state index in [2.05, 4.69) is 10.6 Å². The van der Waals surface area contributed by atoms with Gasteiger partial charge in [0.2, 0.25) is 5.91 Å². The second-order valence-corrected chi connectivity index (χ2v) is 6.02. The maximum Gasteiger partial charge on any atom is 0.223 e. The highest BCUT2D eigenvalue weighted by atomic mass is 35.5. The largest absolute Gasteiger partial charge is 0.490 e. The summed E-state index contributed by atoms with van der Waals surface area (Å²) in [6, 6.07) is 6.81. The number of benzene rings is 1. The van der Waals surface area contributed by atoms with Crippen LogP contribution in [0.5, 0.6) is 5.75 Å². The van der Waals surface area contributed by atoms with Crippen molar-refractivity contribution < 1.29 is 13.9 Å². The van der Waals surface area contributed by atoms with Crippen LogP contribution in [0.3, 0.4) is 0 Å². The number of para-hydroxylation sites is 1. The van der Waals surface area contributed by atoms with Gasteiger partial charge in [-0.15, -0.1) is 12.4 Å². The highest BCUT2D eigenvalue weighted by Gasteiger charge is 2.11. The van der Waals surface area contributed by atoms with E-state index in [4.69, 9.17) is 4.74 Å². The lowest BCUT2D eigenvalue weighted by Gasteiger charge is -2.16. The summed E-state index contributed by atoms with van der Waals surface area (Å²) in [6.45, 7) is 1.60. The first-order valence-corrected chi connectivity index (χ1v) is 8.63. The predicted octanol–water partition coefficient (Wildman–Crippen LogP) is 3.45. The first-order chi connectivity index (χ1) is 11.3. The molecule has 0 radical (unpaired) electrons. The van der Waals surface area contributed by atoms with Gasteiger partial charge in [0.25, 0.3) is 0 Å². The van der Waals surface area contributed by atoms with E-state index in [0.29, 0.717) is 12.6 Å². The Morgan fingerprint density at radius 3 is 2.54 bits per heavy atom. The van der Waals surface area contributed by atoms with Crippen molar-refractivity contribution in [3.63, 3.8) is 0 Å². The van der Waals surface area contributed by atoms with Gasteiger partial charge >= 0.3 is 0 Å². The smallest absolute Gasteiger partial charge is 0.223 e. The molecule has 0 spiro atoms. The van der Waals surface area contributed by atoms with Gasteiger partial charge in [-0.2, -0.15) is 0 Å². The Balaban J connectivity index is 0.00000288. The van der Waals surface area contributed by atoms with Crippen LogP contribution in [-0.4, -0.2) is 31.6 Å². The maximum atomic E-state index is 13.3. The molecule has 0 unspecified atom stereocenters. The van der Waals surface area contributed by atoms with E-state index in [1.807, 2.05) is 0 Å². The molecule has 1 aromatic rings. The molecule has 1 saturated carbocycles. The van der Waals surface area contributed by atoms with E-state index in [1.54, 1.807) is 18.2 Å². The van der Waals surface area contributed by atoms with Crippen molar-refractivity contribution >= 4 is 18.3 Å². The molecule has 0 heterocycles. The predicted molar refractivity (Wildman–Crippen MR) is 96.3 cm³/mol. The van der Waals surface area contributed by atoms with Crippen molar-refractivity contribution in [1.82, 2.24) is 10.6 Å². The van der Waals surface area contributed by atoms with Crippen molar-refractivity contribution in [3.8, 4) is 5.75 Å². The first kappa shape index (κ1) is 20.7. The summed E-state index contributed by atoms with van der Waals surface area (Å²) in [4.78, 5) is 11.7.